The molecule has 0 spiro atoms. The van der Waals surface area contributed by atoms with E-state index >= 15 is 0 Å². The van der Waals surface area contributed by atoms with Crippen molar-refractivity contribution in [3.05, 3.63) is 23.0 Å². The standard InChI is InChI=1S/C13H19N5O2/c1-9-7-17(5-6-18(9)13(19)20)12-10-3-4-14-11(10)15-8-16(12)2/h3-4,9H,5-8H2,1-2H3,(H,14,15)(H,19,20)/t9-/m0/s1. The number of carboxylic acid groups (broad SMARTS) is 1. The van der Waals surface area contributed by atoms with Crippen molar-refractivity contribution in [2.24, 2.45) is 4.99 Å². The average Bonchev–Trinajstić information content (AvgIpc) is 2.86. The van der Waals surface area contributed by atoms with Crippen LogP contribution in [0.3, 0.4) is 0 Å². The van der Waals surface area contributed by atoms with Gasteiger partial charge in [-0.05, 0) is 13.0 Å². The molecule has 0 aromatic carbocycles. The second-order valence-corrected chi connectivity index (χ2v) is 5.33. The lowest BCUT2D eigenvalue weighted by Crippen LogP contribution is -2.56. The summed E-state index contributed by atoms with van der Waals surface area (Å²) < 4.78 is 0. The van der Waals surface area contributed by atoms with Gasteiger partial charge >= 0.3 is 6.09 Å². The summed E-state index contributed by atoms with van der Waals surface area (Å²) in [5, 5.41) is 10.2. The molecule has 1 amide bonds. The highest BCUT2D eigenvalue weighted by atomic mass is 16.4. The predicted molar refractivity (Wildman–Crippen MR) is 73.4 cm³/mol. The van der Waals surface area contributed by atoms with Gasteiger partial charge in [0.2, 0.25) is 0 Å². The molecule has 0 radical (unpaired) electrons. The molecule has 0 unspecified atom stereocenters. The molecule has 3 heterocycles. The highest BCUT2D eigenvalue weighted by Crippen LogP contribution is 2.17. The molecule has 3 rings (SSSR count). The lowest BCUT2D eigenvalue weighted by Gasteiger charge is -2.42. The molecule has 2 N–H and O–H groups in total. The molecule has 2 aliphatic heterocycles. The third-order valence-electron chi connectivity index (χ3n) is 3.94. The van der Waals surface area contributed by atoms with Gasteiger partial charge in [-0.15, -0.1) is 0 Å². The summed E-state index contributed by atoms with van der Waals surface area (Å²) >= 11 is 0. The lowest BCUT2D eigenvalue weighted by molar-refractivity contribution is 0.0875. The number of hydrogen-bond acceptors (Lipinski definition) is 4. The smallest absolute Gasteiger partial charge is 0.407 e. The maximum atomic E-state index is 11.1. The van der Waals surface area contributed by atoms with Crippen LogP contribution >= 0.6 is 0 Å². The Labute approximate surface area is 116 Å². The molecule has 0 saturated carbocycles. The number of nitrogens with one attached hydrogen (secondary N) is 1. The van der Waals surface area contributed by atoms with Crippen LogP contribution in [0.5, 0.6) is 0 Å². The number of fused-ring (bicyclic) bond motifs is 1. The predicted octanol–water partition coefficient (Wildman–Crippen LogP) is -0.713. The number of nitrogens with zero attached hydrogens (tertiary/aromatic N) is 4. The van der Waals surface area contributed by atoms with Crippen LogP contribution in [0.15, 0.2) is 17.3 Å². The molecule has 1 saturated heterocycles. The Balaban J connectivity index is 1.93. The molecule has 1 aromatic rings. The first-order valence-electron chi connectivity index (χ1n) is 6.75. The van der Waals surface area contributed by atoms with Crippen molar-refractivity contribution < 1.29 is 9.90 Å². The summed E-state index contributed by atoms with van der Waals surface area (Å²) in [5.41, 5.74) is 0.909. The van der Waals surface area contributed by atoms with Gasteiger partial charge in [0.25, 0.3) is 0 Å². The van der Waals surface area contributed by atoms with Crippen molar-refractivity contribution in [2.75, 3.05) is 33.4 Å². The van der Waals surface area contributed by atoms with E-state index in [1.54, 1.807) is 0 Å². The van der Waals surface area contributed by atoms with Gasteiger partial charge < -0.3 is 24.8 Å². The average molecular weight is 277 g/mol. The molecule has 2 aliphatic rings. The lowest BCUT2D eigenvalue weighted by atomic mass is 10.2. The van der Waals surface area contributed by atoms with Gasteiger partial charge in [0.15, 0.2) is 0 Å². The number of aromatic nitrogens is 1. The van der Waals surface area contributed by atoms with Gasteiger partial charge in [-0.2, -0.15) is 0 Å². The molecule has 1 fully saturated rings. The highest BCUT2D eigenvalue weighted by molar-refractivity contribution is 5.65. The summed E-state index contributed by atoms with van der Waals surface area (Å²) in [5.74, 6) is 1.13. The third kappa shape index (κ3) is 1.99. The summed E-state index contributed by atoms with van der Waals surface area (Å²) in [6.07, 6.45) is 1.06. The number of amides is 1. The fraction of sp³-hybridized carbons (Fsp3) is 0.538. The van der Waals surface area contributed by atoms with E-state index in [0.717, 1.165) is 16.5 Å². The maximum absolute atomic E-state index is 11.1. The van der Waals surface area contributed by atoms with Crippen LogP contribution in [-0.4, -0.2) is 70.3 Å². The van der Waals surface area contributed by atoms with Crippen molar-refractivity contribution in [3.63, 3.8) is 0 Å². The van der Waals surface area contributed by atoms with Gasteiger partial charge in [0.1, 0.15) is 18.0 Å². The van der Waals surface area contributed by atoms with Crippen LogP contribution in [0.4, 0.5) is 4.79 Å². The van der Waals surface area contributed by atoms with Crippen molar-refractivity contribution in [1.82, 2.24) is 19.7 Å². The van der Waals surface area contributed by atoms with Crippen LogP contribution in [0.25, 0.3) is 5.82 Å². The number of carbonyl (C=O) groups is 1. The van der Waals surface area contributed by atoms with Crippen molar-refractivity contribution >= 4 is 11.9 Å². The molecule has 1 atom stereocenters. The number of rotatable bonds is 1. The molecule has 20 heavy (non-hydrogen) atoms. The van der Waals surface area contributed by atoms with Gasteiger partial charge in [-0.1, -0.05) is 0 Å². The van der Waals surface area contributed by atoms with Crippen LogP contribution in [0.2, 0.25) is 0 Å². The molecule has 7 nitrogen and oxygen atoms in total. The molecule has 0 bridgehead atoms. The molecule has 108 valence electrons. The number of piperazine rings is 1. The van der Waals surface area contributed by atoms with E-state index in [2.05, 4.69) is 19.8 Å². The zero-order valence-electron chi connectivity index (χ0n) is 11.7. The van der Waals surface area contributed by atoms with Crippen molar-refractivity contribution in [3.8, 4) is 0 Å². The van der Waals surface area contributed by atoms with Crippen molar-refractivity contribution in [2.45, 2.75) is 13.0 Å². The van der Waals surface area contributed by atoms with E-state index in [9.17, 15) is 4.79 Å². The fourth-order valence-electron chi connectivity index (χ4n) is 2.97. The minimum Gasteiger partial charge on any atom is -0.465 e. The first-order valence-corrected chi connectivity index (χ1v) is 6.75. The molecule has 7 heteroatoms. The summed E-state index contributed by atoms with van der Waals surface area (Å²) in [6.45, 7) is 4.52. The summed E-state index contributed by atoms with van der Waals surface area (Å²) in [4.78, 5) is 24.6. The Morgan fingerprint density at radius 1 is 1.50 bits per heavy atom. The van der Waals surface area contributed by atoms with Gasteiger partial charge in [-0.25, -0.2) is 9.79 Å². The minimum atomic E-state index is -0.837. The third-order valence-corrected chi connectivity index (χ3v) is 3.94. The second kappa shape index (κ2) is 4.73. The Morgan fingerprint density at radius 3 is 3.00 bits per heavy atom. The van der Waals surface area contributed by atoms with E-state index in [1.807, 2.05) is 26.2 Å². The first kappa shape index (κ1) is 12.8. The van der Waals surface area contributed by atoms with Crippen LogP contribution in [0.1, 0.15) is 6.92 Å². The second-order valence-electron chi connectivity index (χ2n) is 5.33. The van der Waals surface area contributed by atoms with Gasteiger partial charge in [-0.3, -0.25) is 0 Å². The zero-order chi connectivity index (χ0) is 14.3. The van der Waals surface area contributed by atoms with Gasteiger partial charge in [0.05, 0.1) is 5.22 Å². The minimum absolute atomic E-state index is 0.0107. The van der Waals surface area contributed by atoms with E-state index in [0.29, 0.717) is 26.3 Å². The maximum Gasteiger partial charge on any atom is 0.407 e. The van der Waals surface area contributed by atoms with E-state index in [4.69, 9.17) is 5.11 Å². The van der Waals surface area contributed by atoms with Gasteiger partial charge in [0, 0.05) is 38.9 Å². The van der Waals surface area contributed by atoms with Crippen LogP contribution in [-0.2, 0) is 0 Å². The largest absolute Gasteiger partial charge is 0.465 e. The first-order chi connectivity index (χ1) is 9.58. The monoisotopic (exact) mass is 277 g/mol. The highest BCUT2D eigenvalue weighted by Gasteiger charge is 2.30. The SMILES string of the molecule is C[C@H]1CN(C2=c3cc[nH]c3=NCN2C)CCN1C(=O)O. The van der Waals surface area contributed by atoms with Crippen LogP contribution < -0.4 is 10.7 Å². The molecular weight excluding hydrogens is 258 g/mol. The normalized spacial score (nSPS) is 22.6. The van der Waals surface area contributed by atoms with Crippen LogP contribution in [0, 0.1) is 0 Å². The Bertz CT molecular complexity index is 637. The number of hydrogen-bond donors (Lipinski definition) is 2. The molecule has 1 aromatic heterocycles. The van der Waals surface area contributed by atoms with Crippen molar-refractivity contribution in [1.29, 1.82) is 0 Å². The number of aromatic amines is 1. The van der Waals surface area contributed by atoms with E-state index in [1.165, 1.54) is 4.90 Å². The fourth-order valence-corrected chi connectivity index (χ4v) is 2.97. The van der Waals surface area contributed by atoms with E-state index in [-0.39, 0.29) is 6.04 Å². The molecular formula is C13H19N5O2. The summed E-state index contributed by atoms with van der Waals surface area (Å²) in [6, 6.07) is 2.02. The number of H-pyrrole nitrogens is 1. The Kier molecular flexibility index (Phi) is 3.04. The van der Waals surface area contributed by atoms with E-state index < -0.39 is 6.09 Å². The molecule has 0 aliphatic carbocycles. The zero-order valence-corrected chi connectivity index (χ0v) is 11.7. The Hall–Kier alpha value is -2.18. The quantitative estimate of drug-likeness (QED) is 0.711. The Morgan fingerprint density at radius 2 is 2.30 bits per heavy atom. The summed E-state index contributed by atoms with van der Waals surface area (Å²) in [7, 11) is 2.02. The topological polar surface area (TPSA) is 75.2 Å².